The minimum atomic E-state index is -0.950. The van der Waals surface area contributed by atoms with E-state index in [1.807, 2.05) is 18.2 Å². The topological polar surface area (TPSA) is 67.6 Å². The number of aromatic carboxylic acids is 1. The zero-order valence-electron chi connectivity index (χ0n) is 14.7. The van der Waals surface area contributed by atoms with Gasteiger partial charge in [0.2, 0.25) is 0 Å². The van der Waals surface area contributed by atoms with Crippen molar-refractivity contribution in [2.24, 2.45) is 0 Å². The van der Waals surface area contributed by atoms with Crippen LogP contribution in [0.4, 0.5) is 0 Å². The molecule has 1 atom stereocenters. The van der Waals surface area contributed by atoms with E-state index in [1.54, 1.807) is 10.8 Å². The number of fused-ring (bicyclic) bond motifs is 2. The Morgan fingerprint density at radius 3 is 3.08 bits per heavy atom. The molecule has 2 aliphatic rings. The van der Waals surface area contributed by atoms with Crippen LogP contribution in [0.15, 0.2) is 36.9 Å². The van der Waals surface area contributed by atoms with Gasteiger partial charge in [0.1, 0.15) is 12.4 Å². The second kappa shape index (κ2) is 6.96. The SMILES string of the molecule is C=CCn1nc(C(=O)O)c2c1CCC(N1CCOc3ccccc3C1)C2. The molecule has 1 aromatic carbocycles. The summed E-state index contributed by atoms with van der Waals surface area (Å²) in [6.45, 7) is 6.63. The molecule has 0 radical (unpaired) electrons. The Labute approximate surface area is 152 Å². The van der Waals surface area contributed by atoms with Crippen LogP contribution in [0.3, 0.4) is 0 Å². The first-order valence-electron chi connectivity index (χ1n) is 9.05. The number of carbonyl (C=O) groups is 1. The van der Waals surface area contributed by atoms with Crippen molar-refractivity contribution in [3.05, 3.63) is 59.4 Å². The van der Waals surface area contributed by atoms with Gasteiger partial charge >= 0.3 is 5.97 Å². The molecular weight excluding hydrogens is 330 g/mol. The summed E-state index contributed by atoms with van der Waals surface area (Å²) in [5, 5.41) is 13.9. The zero-order chi connectivity index (χ0) is 18.1. The third-order valence-corrected chi connectivity index (χ3v) is 5.32. The van der Waals surface area contributed by atoms with E-state index in [0.717, 1.165) is 49.4 Å². The Morgan fingerprint density at radius 2 is 2.27 bits per heavy atom. The van der Waals surface area contributed by atoms with Gasteiger partial charge in [-0.3, -0.25) is 9.58 Å². The van der Waals surface area contributed by atoms with Crippen molar-refractivity contribution >= 4 is 5.97 Å². The maximum Gasteiger partial charge on any atom is 0.356 e. The molecule has 0 saturated carbocycles. The number of rotatable bonds is 4. The minimum absolute atomic E-state index is 0.193. The highest BCUT2D eigenvalue weighted by atomic mass is 16.5. The number of nitrogens with zero attached hydrogens (tertiary/aromatic N) is 3. The molecule has 0 fully saturated rings. The van der Waals surface area contributed by atoms with Gasteiger partial charge in [-0.1, -0.05) is 24.3 Å². The molecule has 26 heavy (non-hydrogen) atoms. The Morgan fingerprint density at radius 1 is 1.42 bits per heavy atom. The second-order valence-corrected chi connectivity index (χ2v) is 6.87. The average Bonchev–Trinajstić information content (AvgIpc) is 2.86. The Bertz CT molecular complexity index is 843. The van der Waals surface area contributed by atoms with Crippen molar-refractivity contribution in [1.82, 2.24) is 14.7 Å². The molecule has 6 nitrogen and oxygen atoms in total. The normalized spacial score (nSPS) is 19.8. The Kier molecular flexibility index (Phi) is 4.51. The first-order valence-corrected chi connectivity index (χ1v) is 9.05. The number of carboxylic acid groups (broad SMARTS) is 1. The summed E-state index contributed by atoms with van der Waals surface area (Å²) in [5.41, 5.74) is 3.31. The molecule has 2 heterocycles. The molecule has 4 rings (SSSR count). The largest absolute Gasteiger partial charge is 0.492 e. The second-order valence-electron chi connectivity index (χ2n) is 6.87. The van der Waals surface area contributed by atoms with E-state index in [0.29, 0.717) is 19.2 Å². The fourth-order valence-electron chi connectivity index (χ4n) is 4.08. The highest BCUT2D eigenvalue weighted by Gasteiger charge is 2.32. The molecule has 1 aromatic heterocycles. The fourth-order valence-corrected chi connectivity index (χ4v) is 4.08. The Balaban J connectivity index is 1.60. The summed E-state index contributed by atoms with van der Waals surface area (Å²) < 4.78 is 7.67. The predicted octanol–water partition coefficient (Wildman–Crippen LogP) is 2.52. The number of para-hydroxylation sites is 1. The maximum absolute atomic E-state index is 11.7. The number of aromatic nitrogens is 2. The van der Waals surface area contributed by atoms with Gasteiger partial charge < -0.3 is 9.84 Å². The van der Waals surface area contributed by atoms with E-state index >= 15 is 0 Å². The van der Waals surface area contributed by atoms with Crippen molar-refractivity contribution in [2.45, 2.75) is 38.4 Å². The third-order valence-electron chi connectivity index (χ3n) is 5.32. The summed E-state index contributed by atoms with van der Waals surface area (Å²) in [6.07, 6.45) is 4.31. The standard InChI is InChI=1S/C20H23N3O3/c1-2-9-23-17-8-7-15(12-16(17)19(21-23)20(24)25)22-10-11-26-18-6-4-3-5-14(18)13-22/h2-6,15H,1,7-13H2,(H,24,25). The lowest BCUT2D eigenvalue weighted by Crippen LogP contribution is -2.40. The van der Waals surface area contributed by atoms with Gasteiger partial charge in [0.05, 0.1) is 6.54 Å². The first kappa shape index (κ1) is 16.8. The molecule has 1 N–H and O–H groups in total. The van der Waals surface area contributed by atoms with Gasteiger partial charge in [-0.15, -0.1) is 6.58 Å². The van der Waals surface area contributed by atoms with Crippen molar-refractivity contribution in [3.63, 3.8) is 0 Å². The fraction of sp³-hybridized carbons (Fsp3) is 0.400. The van der Waals surface area contributed by atoms with Crippen molar-refractivity contribution in [1.29, 1.82) is 0 Å². The maximum atomic E-state index is 11.7. The smallest absolute Gasteiger partial charge is 0.356 e. The molecule has 0 bridgehead atoms. The number of ether oxygens (including phenoxy) is 1. The minimum Gasteiger partial charge on any atom is -0.492 e. The highest BCUT2D eigenvalue weighted by Crippen LogP contribution is 2.31. The van der Waals surface area contributed by atoms with Crippen LogP contribution in [0.5, 0.6) is 5.75 Å². The summed E-state index contributed by atoms with van der Waals surface area (Å²) in [6, 6.07) is 8.45. The number of carboxylic acids is 1. The lowest BCUT2D eigenvalue weighted by molar-refractivity contribution is 0.0687. The van der Waals surface area contributed by atoms with Gasteiger partial charge in [-0.2, -0.15) is 5.10 Å². The average molecular weight is 353 g/mol. The molecule has 1 aliphatic carbocycles. The first-order chi connectivity index (χ1) is 12.7. The van der Waals surface area contributed by atoms with Crippen LogP contribution in [0.1, 0.15) is 33.7 Å². The van der Waals surface area contributed by atoms with E-state index < -0.39 is 5.97 Å². The Hall–Kier alpha value is -2.60. The van der Waals surface area contributed by atoms with Crippen LogP contribution in [0, 0.1) is 0 Å². The molecular formula is C20H23N3O3. The zero-order valence-corrected chi connectivity index (χ0v) is 14.7. The van der Waals surface area contributed by atoms with Gasteiger partial charge in [-0.25, -0.2) is 4.79 Å². The quantitative estimate of drug-likeness (QED) is 0.856. The molecule has 6 heteroatoms. The summed E-state index contributed by atoms with van der Waals surface area (Å²) >= 11 is 0. The monoisotopic (exact) mass is 353 g/mol. The molecule has 1 unspecified atom stereocenters. The van der Waals surface area contributed by atoms with Crippen molar-refractivity contribution in [2.75, 3.05) is 13.2 Å². The molecule has 0 saturated heterocycles. The van der Waals surface area contributed by atoms with Crippen LogP contribution >= 0.6 is 0 Å². The van der Waals surface area contributed by atoms with E-state index in [1.165, 1.54) is 5.56 Å². The van der Waals surface area contributed by atoms with Crippen molar-refractivity contribution in [3.8, 4) is 5.75 Å². The predicted molar refractivity (Wildman–Crippen MR) is 97.5 cm³/mol. The third kappa shape index (κ3) is 3.01. The summed E-state index contributed by atoms with van der Waals surface area (Å²) in [7, 11) is 0. The van der Waals surface area contributed by atoms with Crippen LogP contribution in [0.2, 0.25) is 0 Å². The lowest BCUT2D eigenvalue weighted by atomic mass is 9.90. The molecule has 1 aliphatic heterocycles. The molecule has 2 aromatic rings. The van der Waals surface area contributed by atoms with Crippen LogP contribution in [-0.4, -0.2) is 44.9 Å². The number of hydrogen-bond donors (Lipinski definition) is 1. The van der Waals surface area contributed by atoms with E-state index in [2.05, 4.69) is 22.6 Å². The van der Waals surface area contributed by atoms with E-state index in [9.17, 15) is 9.90 Å². The summed E-state index contributed by atoms with van der Waals surface area (Å²) in [4.78, 5) is 14.1. The number of benzene rings is 1. The number of hydrogen-bond acceptors (Lipinski definition) is 4. The van der Waals surface area contributed by atoms with Gasteiger partial charge in [0, 0.05) is 36.0 Å². The van der Waals surface area contributed by atoms with Gasteiger partial charge in [0.15, 0.2) is 5.69 Å². The van der Waals surface area contributed by atoms with E-state index in [-0.39, 0.29) is 5.69 Å². The van der Waals surface area contributed by atoms with Gasteiger partial charge in [-0.05, 0) is 25.3 Å². The summed E-state index contributed by atoms with van der Waals surface area (Å²) in [5.74, 6) is 0.00536. The molecule has 0 amide bonds. The van der Waals surface area contributed by atoms with Gasteiger partial charge in [0.25, 0.3) is 0 Å². The van der Waals surface area contributed by atoms with Crippen LogP contribution < -0.4 is 4.74 Å². The van der Waals surface area contributed by atoms with E-state index in [4.69, 9.17) is 4.74 Å². The van der Waals surface area contributed by atoms with Crippen LogP contribution in [0.25, 0.3) is 0 Å². The number of allylic oxidation sites excluding steroid dienone is 1. The van der Waals surface area contributed by atoms with Crippen molar-refractivity contribution < 1.29 is 14.6 Å². The molecule has 0 spiro atoms. The highest BCUT2D eigenvalue weighted by molar-refractivity contribution is 5.87. The van der Waals surface area contributed by atoms with Crippen LogP contribution in [-0.2, 0) is 25.9 Å². The lowest BCUT2D eigenvalue weighted by Gasteiger charge is -2.33. The molecule has 136 valence electrons.